The fourth-order valence-corrected chi connectivity index (χ4v) is 4.79. The molecule has 0 aromatic heterocycles. The largest absolute Gasteiger partial charge is 0.483 e. The van der Waals surface area contributed by atoms with Crippen LogP contribution in [0.4, 0.5) is 5.69 Å². The summed E-state index contributed by atoms with van der Waals surface area (Å²) >= 11 is 6.74. The van der Waals surface area contributed by atoms with E-state index in [0.29, 0.717) is 21.5 Å². The first-order valence-electron chi connectivity index (χ1n) is 10.9. The van der Waals surface area contributed by atoms with Crippen molar-refractivity contribution >= 4 is 51.9 Å². The third kappa shape index (κ3) is 5.92. The highest BCUT2D eigenvalue weighted by molar-refractivity contribution is 8.26. The van der Waals surface area contributed by atoms with Crippen LogP contribution in [-0.2, 0) is 16.0 Å². The van der Waals surface area contributed by atoms with Gasteiger partial charge in [-0.05, 0) is 42.7 Å². The molecule has 0 saturated carbocycles. The van der Waals surface area contributed by atoms with Gasteiger partial charge in [0.05, 0.1) is 4.91 Å². The predicted octanol–water partition coefficient (Wildman–Crippen LogP) is 5.46. The quantitative estimate of drug-likeness (QED) is 0.337. The van der Waals surface area contributed by atoms with Crippen LogP contribution in [-0.4, -0.2) is 34.2 Å². The SMILES string of the molecule is Cc1ccccc1NC(=O)COc1ccccc1/C=C1\SC(=S)N(CCc2ccccc2)C1=O. The topological polar surface area (TPSA) is 58.6 Å². The Balaban J connectivity index is 1.41. The zero-order valence-electron chi connectivity index (χ0n) is 18.7. The first-order chi connectivity index (χ1) is 16.5. The van der Waals surface area contributed by atoms with Gasteiger partial charge in [0, 0.05) is 17.8 Å². The standard InChI is InChI=1S/C27H24N2O3S2/c1-19-9-5-7-13-22(19)28-25(30)18-32-23-14-8-6-12-21(23)17-24-26(31)29(27(33)34-24)16-15-20-10-3-2-4-11-20/h2-14,17H,15-16,18H2,1H3,(H,28,30)/b24-17-. The molecule has 7 heteroatoms. The minimum absolute atomic E-state index is 0.113. The molecular weight excluding hydrogens is 464 g/mol. The average Bonchev–Trinajstić information content (AvgIpc) is 3.11. The highest BCUT2D eigenvalue weighted by Crippen LogP contribution is 2.34. The fourth-order valence-electron chi connectivity index (χ4n) is 3.49. The number of carbonyl (C=O) groups is 2. The summed E-state index contributed by atoms with van der Waals surface area (Å²) in [6.45, 7) is 2.32. The Bertz CT molecular complexity index is 1240. The molecule has 5 nitrogen and oxygen atoms in total. The molecule has 1 fully saturated rings. The number of ether oxygens (including phenoxy) is 1. The van der Waals surface area contributed by atoms with Gasteiger partial charge in [-0.25, -0.2) is 0 Å². The molecule has 1 saturated heterocycles. The maximum atomic E-state index is 13.0. The van der Waals surface area contributed by atoms with E-state index in [1.54, 1.807) is 17.0 Å². The van der Waals surface area contributed by atoms with Gasteiger partial charge in [-0.1, -0.05) is 90.7 Å². The van der Waals surface area contributed by atoms with Crippen LogP contribution in [0.2, 0.25) is 0 Å². The minimum atomic E-state index is -0.253. The number of carbonyl (C=O) groups excluding carboxylic acids is 2. The molecule has 1 aliphatic heterocycles. The van der Waals surface area contributed by atoms with Crippen molar-refractivity contribution in [2.75, 3.05) is 18.5 Å². The summed E-state index contributed by atoms with van der Waals surface area (Å²) in [5.41, 5.74) is 3.60. The smallest absolute Gasteiger partial charge is 0.266 e. The molecule has 3 aromatic carbocycles. The Labute approximate surface area is 208 Å². The van der Waals surface area contributed by atoms with Gasteiger partial charge < -0.3 is 10.1 Å². The van der Waals surface area contributed by atoms with E-state index in [9.17, 15) is 9.59 Å². The summed E-state index contributed by atoms with van der Waals surface area (Å²) < 4.78 is 6.34. The lowest BCUT2D eigenvalue weighted by molar-refractivity contribution is -0.122. The van der Waals surface area contributed by atoms with Crippen molar-refractivity contribution < 1.29 is 14.3 Å². The molecule has 0 spiro atoms. The summed E-state index contributed by atoms with van der Waals surface area (Å²) in [5, 5.41) is 2.86. The van der Waals surface area contributed by atoms with Crippen LogP contribution in [0, 0.1) is 6.92 Å². The van der Waals surface area contributed by atoms with E-state index in [2.05, 4.69) is 5.32 Å². The molecule has 3 aromatic rings. The van der Waals surface area contributed by atoms with Crippen molar-refractivity contribution in [3.63, 3.8) is 0 Å². The van der Waals surface area contributed by atoms with Crippen LogP contribution < -0.4 is 10.1 Å². The predicted molar refractivity (Wildman–Crippen MR) is 142 cm³/mol. The maximum Gasteiger partial charge on any atom is 0.266 e. The monoisotopic (exact) mass is 488 g/mol. The van der Waals surface area contributed by atoms with E-state index in [0.717, 1.165) is 28.8 Å². The highest BCUT2D eigenvalue weighted by Gasteiger charge is 2.31. The second-order valence-electron chi connectivity index (χ2n) is 7.76. The normalized spacial score (nSPS) is 14.5. The van der Waals surface area contributed by atoms with Gasteiger partial charge in [0.1, 0.15) is 10.1 Å². The second-order valence-corrected chi connectivity index (χ2v) is 9.43. The minimum Gasteiger partial charge on any atom is -0.483 e. The first-order valence-corrected chi connectivity index (χ1v) is 12.1. The number of benzene rings is 3. The lowest BCUT2D eigenvalue weighted by Gasteiger charge is -2.14. The van der Waals surface area contributed by atoms with Gasteiger partial charge in [0.25, 0.3) is 11.8 Å². The molecule has 172 valence electrons. The van der Waals surface area contributed by atoms with E-state index in [4.69, 9.17) is 17.0 Å². The Hall–Kier alpha value is -3.42. The lowest BCUT2D eigenvalue weighted by Crippen LogP contribution is -2.30. The zero-order chi connectivity index (χ0) is 23.9. The van der Waals surface area contributed by atoms with Gasteiger partial charge in [-0.2, -0.15) is 0 Å². The molecule has 1 aliphatic rings. The summed E-state index contributed by atoms with van der Waals surface area (Å²) in [5.74, 6) is 0.159. The fraction of sp³-hybridized carbons (Fsp3) is 0.148. The van der Waals surface area contributed by atoms with Gasteiger partial charge >= 0.3 is 0 Å². The van der Waals surface area contributed by atoms with Crippen LogP contribution in [0.3, 0.4) is 0 Å². The summed E-state index contributed by atoms with van der Waals surface area (Å²) in [6.07, 6.45) is 2.51. The molecule has 0 unspecified atom stereocenters. The van der Waals surface area contributed by atoms with Crippen molar-refractivity contribution in [2.24, 2.45) is 0 Å². The molecule has 0 radical (unpaired) electrons. The highest BCUT2D eigenvalue weighted by atomic mass is 32.2. The molecule has 34 heavy (non-hydrogen) atoms. The number of thiocarbonyl (C=S) groups is 1. The average molecular weight is 489 g/mol. The Morgan fingerprint density at radius 2 is 1.74 bits per heavy atom. The summed E-state index contributed by atoms with van der Waals surface area (Å²) in [4.78, 5) is 27.6. The Kier molecular flexibility index (Phi) is 7.77. The summed E-state index contributed by atoms with van der Waals surface area (Å²) in [7, 11) is 0. The van der Waals surface area contributed by atoms with Gasteiger partial charge in [-0.15, -0.1) is 0 Å². The molecule has 0 atom stereocenters. The number of para-hydroxylation sites is 2. The Morgan fingerprint density at radius 1 is 1.03 bits per heavy atom. The van der Waals surface area contributed by atoms with Crippen molar-refractivity contribution in [3.05, 3.63) is 100 Å². The number of hydrogen-bond donors (Lipinski definition) is 1. The van der Waals surface area contributed by atoms with Crippen LogP contribution in [0.15, 0.2) is 83.8 Å². The van der Waals surface area contributed by atoms with Crippen LogP contribution in [0.25, 0.3) is 6.08 Å². The third-order valence-electron chi connectivity index (χ3n) is 5.32. The van der Waals surface area contributed by atoms with E-state index < -0.39 is 0 Å². The molecule has 2 amide bonds. The molecule has 1 heterocycles. The van der Waals surface area contributed by atoms with Gasteiger partial charge in [-0.3, -0.25) is 14.5 Å². The number of amides is 2. The van der Waals surface area contributed by atoms with E-state index in [1.165, 1.54) is 11.8 Å². The van der Waals surface area contributed by atoms with Crippen LogP contribution >= 0.6 is 24.0 Å². The van der Waals surface area contributed by atoms with Crippen LogP contribution in [0.1, 0.15) is 16.7 Å². The number of anilines is 1. The van der Waals surface area contributed by atoms with Crippen molar-refractivity contribution in [3.8, 4) is 5.75 Å². The molecule has 1 N–H and O–H groups in total. The number of hydrogen-bond acceptors (Lipinski definition) is 5. The molecule has 4 rings (SSSR count). The van der Waals surface area contributed by atoms with Gasteiger partial charge in [0.2, 0.25) is 0 Å². The van der Waals surface area contributed by atoms with Crippen molar-refractivity contribution in [1.29, 1.82) is 0 Å². The van der Waals surface area contributed by atoms with E-state index >= 15 is 0 Å². The first kappa shape index (κ1) is 23.7. The Morgan fingerprint density at radius 3 is 2.53 bits per heavy atom. The molecule has 0 bridgehead atoms. The molecular formula is C27H24N2O3S2. The van der Waals surface area contributed by atoms with Crippen molar-refractivity contribution in [2.45, 2.75) is 13.3 Å². The van der Waals surface area contributed by atoms with E-state index in [-0.39, 0.29) is 18.4 Å². The third-order valence-corrected chi connectivity index (χ3v) is 6.70. The van der Waals surface area contributed by atoms with Crippen LogP contribution in [0.5, 0.6) is 5.75 Å². The number of nitrogens with zero attached hydrogens (tertiary/aromatic N) is 1. The maximum absolute atomic E-state index is 13.0. The number of thioether (sulfide) groups is 1. The van der Waals surface area contributed by atoms with Gasteiger partial charge in [0.15, 0.2) is 6.61 Å². The zero-order valence-corrected chi connectivity index (χ0v) is 20.3. The van der Waals surface area contributed by atoms with E-state index in [1.807, 2.05) is 79.7 Å². The van der Waals surface area contributed by atoms with Crippen molar-refractivity contribution in [1.82, 2.24) is 4.90 Å². The summed E-state index contributed by atoms with van der Waals surface area (Å²) in [6, 6.07) is 24.9. The lowest BCUT2D eigenvalue weighted by atomic mass is 10.1. The number of aryl methyl sites for hydroxylation is 1. The number of nitrogens with one attached hydrogen (secondary N) is 1. The molecule has 0 aliphatic carbocycles. The second kappa shape index (κ2) is 11.1. The number of rotatable bonds is 8.